The van der Waals surface area contributed by atoms with E-state index in [-0.39, 0.29) is 5.92 Å². The van der Waals surface area contributed by atoms with Gasteiger partial charge in [0.15, 0.2) is 0 Å². The van der Waals surface area contributed by atoms with Crippen LogP contribution in [0.1, 0.15) is 50.9 Å². The number of hydrogen-bond donors (Lipinski definition) is 0. The molecule has 0 saturated carbocycles. The van der Waals surface area contributed by atoms with Crippen molar-refractivity contribution in [2.45, 2.75) is 17.3 Å². The molecule has 3 aliphatic carbocycles. The van der Waals surface area contributed by atoms with Crippen LogP contribution in [0.2, 0.25) is 0 Å². The first-order valence-corrected chi connectivity index (χ1v) is 22.2. The van der Waals surface area contributed by atoms with Crippen molar-refractivity contribution >= 4 is 16.9 Å². The molecule has 0 N–H and O–H groups in total. The van der Waals surface area contributed by atoms with Crippen molar-refractivity contribution in [3.8, 4) is 22.3 Å². The second-order valence-electron chi connectivity index (χ2n) is 17.1. The Morgan fingerprint density at radius 3 is 1.46 bits per heavy atom. The zero-order chi connectivity index (χ0) is 41.8. The van der Waals surface area contributed by atoms with Gasteiger partial charge < -0.3 is 4.90 Å². The molecular formula is C62H45N. The number of nitrogens with zero attached hydrogens (tertiary/aromatic N) is 1. The van der Waals surface area contributed by atoms with Crippen LogP contribution in [-0.2, 0) is 10.8 Å². The van der Waals surface area contributed by atoms with Crippen LogP contribution in [0.5, 0.6) is 0 Å². The maximum absolute atomic E-state index is 2.59. The van der Waals surface area contributed by atoms with Gasteiger partial charge in [0, 0.05) is 22.9 Å². The summed E-state index contributed by atoms with van der Waals surface area (Å²) in [7, 11) is 0. The van der Waals surface area contributed by atoms with Crippen LogP contribution in [0, 0.1) is 5.92 Å². The van der Waals surface area contributed by atoms with Crippen LogP contribution in [0.3, 0.4) is 0 Å². The first-order valence-electron chi connectivity index (χ1n) is 22.2. The van der Waals surface area contributed by atoms with Gasteiger partial charge in [-0.1, -0.05) is 231 Å². The van der Waals surface area contributed by atoms with E-state index in [9.17, 15) is 0 Å². The SMILES string of the molecule is C1=C2c3ccccc3C(c3ccccc3)(c3ccccc3)C2CC(N(c2ccc3c(c2)C(c2ccccc2)(c2ccccc2)c2ccccc2-3)c2ccccc2-c2ccccc2)=C1. The average Bonchev–Trinajstić information content (AvgIpc) is 3.83. The first-order chi connectivity index (χ1) is 31.3. The summed E-state index contributed by atoms with van der Waals surface area (Å²) in [5.74, 6) is 0.137. The van der Waals surface area contributed by atoms with E-state index in [4.69, 9.17) is 0 Å². The number of hydrogen-bond acceptors (Lipinski definition) is 1. The van der Waals surface area contributed by atoms with Crippen molar-refractivity contribution in [3.63, 3.8) is 0 Å². The summed E-state index contributed by atoms with van der Waals surface area (Å²) in [6.07, 6.45) is 5.68. The molecule has 9 aromatic carbocycles. The zero-order valence-electron chi connectivity index (χ0n) is 35.0. The lowest BCUT2D eigenvalue weighted by atomic mass is 9.62. The highest BCUT2D eigenvalue weighted by Crippen LogP contribution is 2.62. The van der Waals surface area contributed by atoms with Crippen LogP contribution in [0.15, 0.2) is 261 Å². The van der Waals surface area contributed by atoms with E-state index in [1.807, 2.05) is 0 Å². The Morgan fingerprint density at radius 2 is 0.841 bits per heavy atom. The molecule has 0 amide bonds. The second kappa shape index (κ2) is 15.0. The molecule has 0 heterocycles. The first kappa shape index (κ1) is 37.1. The van der Waals surface area contributed by atoms with Gasteiger partial charge in [0.1, 0.15) is 0 Å². The molecule has 0 bridgehead atoms. The summed E-state index contributed by atoms with van der Waals surface area (Å²) >= 11 is 0. The van der Waals surface area contributed by atoms with Crippen molar-refractivity contribution in [1.29, 1.82) is 0 Å². The Kier molecular flexibility index (Phi) is 8.83. The minimum absolute atomic E-state index is 0.137. The Bertz CT molecular complexity index is 3100. The summed E-state index contributed by atoms with van der Waals surface area (Å²) in [4.78, 5) is 2.59. The Hall–Kier alpha value is -7.74. The minimum atomic E-state index is -0.522. The summed E-state index contributed by atoms with van der Waals surface area (Å²) in [5.41, 5.74) is 19.5. The summed E-state index contributed by atoms with van der Waals surface area (Å²) in [6.45, 7) is 0. The molecule has 298 valence electrons. The average molecular weight is 804 g/mol. The normalized spacial score (nSPS) is 16.2. The lowest BCUT2D eigenvalue weighted by Crippen LogP contribution is -2.36. The molecule has 3 aliphatic rings. The van der Waals surface area contributed by atoms with E-state index in [0.717, 1.165) is 17.8 Å². The highest BCUT2D eigenvalue weighted by molar-refractivity contribution is 5.92. The van der Waals surface area contributed by atoms with Crippen molar-refractivity contribution in [1.82, 2.24) is 0 Å². The number of rotatable bonds is 8. The fourth-order valence-electron chi connectivity index (χ4n) is 11.6. The van der Waals surface area contributed by atoms with Gasteiger partial charge in [-0.25, -0.2) is 0 Å². The number of fused-ring (bicyclic) bond motifs is 6. The van der Waals surface area contributed by atoms with Gasteiger partial charge in [0.05, 0.1) is 16.5 Å². The Morgan fingerprint density at radius 1 is 0.365 bits per heavy atom. The van der Waals surface area contributed by atoms with Crippen LogP contribution in [0.25, 0.3) is 27.8 Å². The monoisotopic (exact) mass is 803 g/mol. The molecule has 0 spiro atoms. The third-order valence-corrected chi connectivity index (χ3v) is 14.1. The van der Waals surface area contributed by atoms with Crippen molar-refractivity contribution in [2.75, 3.05) is 4.90 Å². The summed E-state index contributed by atoms with van der Waals surface area (Å²) in [6, 6.07) is 90.1. The van der Waals surface area contributed by atoms with Gasteiger partial charge in [-0.2, -0.15) is 0 Å². The van der Waals surface area contributed by atoms with E-state index in [1.165, 1.54) is 78.0 Å². The molecule has 1 atom stereocenters. The molecule has 0 aliphatic heterocycles. The molecule has 1 heteroatoms. The quantitative estimate of drug-likeness (QED) is 0.148. The number of anilines is 2. The standard InChI is InChI=1S/C62H45N/c1-6-22-44(23-7-1)51-32-18-21-37-60(51)63(49-38-40-54-52-33-16-19-35-56(52)61(58(54)42-49,45-24-8-2-9-25-45)46-26-10-3-11-27-46)50-39-41-55-53-34-17-20-36-57(53)62(59(55)43-50,47-28-12-4-13-29-47)48-30-14-5-15-31-48/h1-42,59H,43H2. The molecule has 0 aromatic heterocycles. The summed E-state index contributed by atoms with van der Waals surface area (Å²) in [5, 5.41) is 0. The second-order valence-corrected chi connectivity index (χ2v) is 17.1. The predicted molar refractivity (Wildman–Crippen MR) is 261 cm³/mol. The van der Waals surface area contributed by atoms with Gasteiger partial charge in [0.25, 0.3) is 0 Å². The molecule has 63 heavy (non-hydrogen) atoms. The fraction of sp³-hybridized carbons (Fsp3) is 0.0645. The molecule has 9 aromatic rings. The van der Waals surface area contributed by atoms with E-state index < -0.39 is 10.8 Å². The predicted octanol–water partition coefficient (Wildman–Crippen LogP) is 15.2. The van der Waals surface area contributed by atoms with Crippen molar-refractivity contribution in [2.24, 2.45) is 5.92 Å². The molecule has 0 radical (unpaired) electrons. The van der Waals surface area contributed by atoms with Crippen LogP contribution < -0.4 is 4.90 Å². The highest BCUT2D eigenvalue weighted by atomic mass is 15.2. The van der Waals surface area contributed by atoms with E-state index in [1.54, 1.807) is 0 Å². The smallest absolute Gasteiger partial charge is 0.0714 e. The number of benzene rings is 9. The number of allylic oxidation sites excluding steroid dienone is 4. The molecule has 0 fully saturated rings. The molecule has 12 rings (SSSR count). The van der Waals surface area contributed by atoms with Crippen LogP contribution >= 0.6 is 0 Å². The summed E-state index contributed by atoms with van der Waals surface area (Å²) < 4.78 is 0. The molecule has 0 saturated heterocycles. The lowest BCUT2D eigenvalue weighted by Gasteiger charge is -2.42. The van der Waals surface area contributed by atoms with Crippen LogP contribution in [-0.4, -0.2) is 0 Å². The van der Waals surface area contributed by atoms with Gasteiger partial charge in [-0.15, -0.1) is 0 Å². The molecule has 1 nitrogen and oxygen atoms in total. The number of para-hydroxylation sites is 1. The van der Waals surface area contributed by atoms with E-state index in [2.05, 4.69) is 260 Å². The Balaban J connectivity index is 1.12. The minimum Gasteiger partial charge on any atom is -0.314 e. The fourth-order valence-corrected chi connectivity index (χ4v) is 11.6. The van der Waals surface area contributed by atoms with Crippen molar-refractivity contribution < 1.29 is 0 Å². The maximum Gasteiger partial charge on any atom is 0.0714 e. The largest absolute Gasteiger partial charge is 0.314 e. The van der Waals surface area contributed by atoms with Gasteiger partial charge >= 0.3 is 0 Å². The maximum atomic E-state index is 2.59. The van der Waals surface area contributed by atoms with Gasteiger partial charge in [0.2, 0.25) is 0 Å². The van der Waals surface area contributed by atoms with Crippen molar-refractivity contribution in [3.05, 3.63) is 305 Å². The van der Waals surface area contributed by atoms with Crippen LogP contribution in [0.4, 0.5) is 11.4 Å². The third kappa shape index (κ3) is 5.56. The topological polar surface area (TPSA) is 3.24 Å². The van der Waals surface area contributed by atoms with Gasteiger partial charge in [-0.05, 0) is 97.5 Å². The molecule has 1 unspecified atom stereocenters. The van der Waals surface area contributed by atoms with E-state index >= 15 is 0 Å². The molecular weight excluding hydrogens is 759 g/mol. The van der Waals surface area contributed by atoms with E-state index in [0.29, 0.717) is 0 Å². The lowest BCUT2D eigenvalue weighted by molar-refractivity contribution is 0.473. The zero-order valence-corrected chi connectivity index (χ0v) is 35.0. The van der Waals surface area contributed by atoms with Gasteiger partial charge in [-0.3, -0.25) is 0 Å². The highest BCUT2D eigenvalue weighted by Gasteiger charge is 2.53. The third-order valence-electron chi connectivity index (χ3n) is 14.1. The Labute approximate surface area is 370 Å².